The number of piperidine rings is 2. The Morgan fingerprint density at radius 2 is 1.92 bits per heavy atom. The highest BCUT2D eigenvalue weighted by Crippen LogP contribution is 2.20. The summed E-state index contributed by atoms with van der Waals surface area (Å²) in [5, 5.41) is 6.46. The SMILES string of the molecule is O=C(CCC1CCNCC1)NC1CCCN(Cc2c(F)cccc2F)C1. The van der Waals surface area contributed by atoms with Crippen LogP contribution in [0.1, 0.15) is 44.1 Å². The summed E-state index contributed by atoms with van der Waals surface area (Å²) < 4.78 is 27.7. The number of hydrogen-bond acceptors (Lipinski definition) is 3. The van der Waals surface area contributed by atoms with E-state index in [-0.39, 0.29) is 24.1 Å². The first-order valence-electron chi connectivity index (χ1n) is 9.77. The zero-order chi connectivity index (χ0) is 18.4. The fourth-order valence-corrected chi connectivity index (χ4v) is 4.03. The van der Waals surface area contributed by atoms with Crippen LogP contribution in [-0.2, 0) is 11.3 Å². The van der Waals surface area contributed by atoms with Gasteiger partial charge in [-0.1, -0.05) is 6.07 Å². The van der Waals surface area contributed by atoms with Gasteiger partial charge >= 0.3 is 0 Å². The monoisotopic (exact) mass is 365 g/mol. The molecule has 1 unspecified atom stereocenters. The molecular weight excluding hydrogens is 336 g/mol. The molecule has 2 aliphatic heterocycles. The Morgan fingerprint density at radius 3 is 2.65 bits per heavy atom. The summed E-state index contributed by atoms with van der Waals surface area (Å²) in [7, 11) is 0. The summed E-state index contributed by atoms with van der Waals surface area (Å²) in [6, 6.07) is 4.04. The average molecular weight is 365 g/mol. The molecule has 2 fully saturated rings. The lowest BCUT2D eigenvalue weighted by Crippen LogP contribution is -2.47. The first-order valence-corrected chi connectivity index (χ1v) is 9.77. The van der Waals surface area contributed by atoms with Gasteiger partial charge in [-0.25, -0.2) is 8.78 Å². The summed E-state index contributed by atoms with van der Waals surface area (Å²) in [6.07, 6.45) is 5.68. The van der Waals surface area contributed by atoms with E-state index < -0.39 is 11.6 Å². The molecule has 1 amide bonds. The number of carbonyl (C=O) groups is 1. The molecule has 26 heavy (non-hydrogen) atoms. The number of halogens is 2. The minimum absolute atomic E-state index is 0.0686. The maximum Gasteiger partial charge on any atom is 0.220 e. The van der Waals surface area contributed by atoms with Crippen molar-refractivity contribution < 1.29 is 13.6 Å². The molecule has 0 radical (unpaired) electrons. The number of benzene rings is 1. The maximum absolute atomic E-state index is 13.8. The summed E-state index contributed by atoms with van der Waals surface area (Å²) in [5.74, 6) is -0.252. The van der Waals surface area contributed by atoms with E-state index in [2.05, 4.69) is 10.6 Å². The lowest BCUT2D eigenvalue weighted by molar-refractivity contribution is -0.122. The van der Waals surface area contributed by atoms with Gasteiger partial charge < -0.3 is 10.6 Å². The molecule has 6 heteroatoms. The Morgan fingerprint density at radius 1 is 1.19 bits per heavy atom. The van der Waals surface area contributed by atoms with Crippen LogP contribution in [0.4, 0.5) is 8.78 Å². The largest absolute Gasteiger partial charge is 0.352 e. The molecule has 0 aromatic heterocycles. The fourth-order valence-electron chi connectivity index (χ4n) is 4.03. The predicted octanol–water partition coefficient (Wildman–Crippen LogP) is 2.83. The van der Waals surface area contributed by atoms with Crippen molar-refractivity contribution in [1.29, 1.82) is 0 Å². The van der Waals surface area contributed by atoms with Gasteiger partial charge in [0.25, 0.3) is 0 Å². The highest BCUT2D eigenvalue weighted by molar-refractivity contribution is 5.76. The van der Waals surface area contributed by atoms with Crippen molar-refractivity contribution in [3.63, 3.8) is 0 Å². The van der Waals surface area contributed by atoms with Crippen LogP contribution in [0.15, 0.2) is 18.2 Å². The molecule has 3 rings (SSSR count). The Bertz CT molecular complexity index is 584. The molecule has 1 aromatic rings. The smallest absolute Gasteiger partial charge is 0.220 e. The number of likely N-dealkylation sites (tertiary alicyclic amines) is 1. The summed E-state index contributed by atoms with van der Waals surface area (Å²) in [5.41, 5.74) is 0.116. The molecule has 2 heterocycles. The van der Waals surface area contributed by atoms with Gasteiger partial charge in [0.1, 0.15) is 11.6 Å². The molecule has 2 N–H and O–H groups in total. The molecule has 2 aliphatic rings. The van der Waals surface area contributed by atoms with Gasteiger partial charge in [-0.2, -0.15) is 0 Å². The number of hydrogen-bond donors (Lipinski definition) is 2. The van der Waals surface area contributed by atoms with E-state index in [1.165, 1.54) is 18.2 Å². The first kappa shape index (κ1) is 19.2. The quantitative estimate of drug-likeness (QED) is 0.815. The minimum atomic E-state index is -0.502. The molecule has 0 aliphatic carbocycles. The molecule has 0 saturated carbocycles. The second-order valence-corrected chi connectivity index (χ2v) is 7.57. The fraction of sp³-hybridized carbons (Fsp3) is 0.650. The number of amides is 1. The third-order valence-corrected chi connectivity index (χ3v) is 5.55. The molecular formula is C20H29F2N3O. The first-order chi connectivity index (χ1) is 12.6. The van der Waals surface area contributed by atoms with Crippen LogP contribution in [-0.4, -0.2) is 43.0 Å². The van der Waals surface area contributed by atoms with Crippen molar-refractivity contribution in [3.05, 3.63) is 35.4 Å². The third-order valence-electron chi connectivity index (χ3n) is 5.55. The van der Waals surface area contributed by atoms with Crippen LogP contribution in [0.3, 0.4) is 0 Å². The molecule has 1 aromatic carbocycles. The molecule has 1 atom stereocenters. The van der Waals surface area contributed by atoms with Crippen molar-refractivity contribution in [2.75, 3.05) is 26.2 Å². The summed E-state index contributed by atoms with van der Waals surface area (Å²) in [6.45, 7) is 3.80. The highest BCUT2D eigenvalue weighted by atomic mass is 19.1. The van der Waals surface area contributed by atoms with E-state index in [0.29, 0.717) is 18.9 Å². The van der Waals surface area contributed by atoms with Crippen LogP contribution < -0.4 is 10.6 Å². The van der Waals surface area contributed by atoms with Gasteiger partial charge in [0, 0.05) is 31.1 Å². The van der Waals surface area contributed by atoms with Crippen molar-refractivity contribution >= 4 is 5.91 Å². The summed E-state index contributed by atoms with van der Waals surface area (Å²) >= 11 is 0. The van der Waals surface area contributed by atoms with Gasteiger partial charge in [0.15, 0.2) is 0 Å². The van der Waals surface area contributed by atoms with Gasteiger partial charge in [-0.05, 0) is 69.8 Å². The van der Waals surface area contributed by atoms with Gasteiger partial charge in [-0.3, -0.25) is 9.69 Å². The predicted molar refractivity (Wildman–Crippen MR) is 97.6 cm³/mol. The van der Waals surface area contributed by atoms with E-state index >= 15 is 0 Å². The van der Waals surface area contributed by atoms with E-state index in [9.17, 15) is 13.6 Å². The third kappa shape index (κ3) is 5.48. The van der Waals surface area contributed by atoms with Crippen LogP contribution in [0.5, 0.6) is 0 Å². The molecule has 144 valence electrons. The van der Waals surface area contributed by atoms with Crippen molar-refractivity contribution in [1.82, 2.24) is 15.5 Å². The highest BCUT2D eigenvalue weighted by Gasteiger charge is 2.23. The number of nitrogens with zero attached hydrogens (tertiary/aromatic N) is 1. The van der Waals surface area contributed by atoms with Gasteiger partial charge in [0.2, 0.25) is 5.91 Å². The van der Waals surface area contributed by atoms with E-state index in [1.54, 1.807) is 0 Å². The van der Waals surface area contributed by atoms with Gasteiger partial charge in [0.05, 0.1) is 0 Å². The van der Waals surface area contributed by atoms with Crippen LogP contribution in [0.2, 0.25) is 0 Å². The lowest BCUT2D eigenvalue weighted by atomic mass is 9.93. The van der Waals surface area contributed by atoms with Crippen molar-refractivity contribution in [2.24, 2.45) is 5.92 Å². The van der Waals surface area contributed by atoms with Crippen LogP contribution in [0, 0.1) is 17.6 Å². The van der Waals surface area contributed by atoms with Crippen molar-refractivity contribution in [3.8, 4) is 0 Å². The molecule has 0 bridgehead atoms. The van der Waals surface area contributed by atoms with E-state index in [0.717, 1.165) is 51.7 Å². The van der Waals surface area contributed by atoms with Crippen molar-refractivity contribution in [2.45, 2.75) is 51.1 Å². The van der Waals surface area contributed by atoms with Gasteiger partial charge in [-0.15, -0.1) is 0 Å². The van der Waals surface area contributed by atoms with Crippen LogP contribution >= 0.6 is 0 Å². The molecule has 2 saturated heterocycles. The maximum atomic E-state index is 13.8. The molecule has 0 spiro atoms. The van der Waals surface area contributed by atoms with E-state index in [4.69, 9.17) is 0 Å². The Balaban J connectivity index is 1.45. The zero-order valence-electron chi connectivity index (χ0n) is 15.3. The minimum Gasteiger partial charge on any atom is -0.352 e. The normalized spacial score (nSPS) is 22.3. The number of rotatable bonds is 6. The standard InChI is InChI=1S/C20H29F2N3O/c21-18-4-1-5-19(22)17(18)14-25-12-2-3-16(13-25)24-20(26)7-6-15-8-10-23-11-9-15/h1,4-5,15-16,23H,2-3,6-14H2,(H,24,26). The Labute approximate surface area is 154 Å². The number of nitrogens with one attached hydrogen (secondary N) is 2. The number of carbonyl (C=O) groups excluding carboxylic acids is 1. The second kappa shape index (κ2) is 9.42. The topological polar surface area (TPSA) is 44.4 Å². The Hall–Kier alpha value is -1.53. The van der Waals surface area contributed by atoms with Crippen LogP contribution in [0.25, 0.3) is 0 Å². The lowest BCUT2D eigenvalue weighted by Gasteiger charge is -2.33. The zero-order valence-corrected chi connectivity index (χ0v) is 15.3. The summed E-state index contributed by atoms with van der Waals surface area (Å²) in [4.78, 5) is 14.3. The molecule has 4 nitrogen and oxygen atoms in total. The Kier molecular flexibility index (Phi) is 6.97. The average Bonchev–Trinajstić information content (AvgIpc) is 2.64. The second-order valence-electron chi connectivity index (χ2n) is 7.57. The van der Waals surface area contributed by atoms with E-state index in [1.807, 2.05) is 4.90 Å².